The van der Waals surface area contributed by atoms with E-state index >= 15 is 0 Å². The number of methoxy groups -OCH3 is 1. The molecule has 0 bridgehead atoms. The van der Waals surface area contributed by atoms with Crippen molar-refractivity contribution in [1.29, 1.82) is 0 Å². The highest BCUT2D eigenvalue weighted by Gasteiger charge is 1.98. The number of ether oxygens (including phenoxy) is 2. The van der Waals surface area contributed by atoms with Gasteiger partial charge in [-0.05, 0) is 19.2 Å². The molecule has 4 nitrogen and oxygen atoms in total. The first-order chi connectivity index (χ1) is 7.72. The summed E-state index contributed by atoms with van der Waals surface area (Å²) in [5.74, 6) is 0.820. The third-order valence-corrected chi connectivity index (χ3v) is 2.28. The van der Waals surface area contributed by atoms with Crippen molar-refractivity contribution in [1.82, 2.24) is 4.90 Å². The summed E-state index contributed by atoms with van der Waals surface area (Å²) in [6, 6.07) is 7.47. The lowest BCUT2D eigenvalue weighted by molar-refractivity contribution is 0.150. The quantitative estimate of drug-likeness (QED) is 0.708. The number of benzene rings is 1. The molecule has 2 N–H and O–H groups in total. The molecule has 1 rings (SSSR count). The number of hydrogen-bond donors (Lipinski definition) is 1. The maximum absolute atomic E-state index is 5.65. The van der Waals surface area contributed by atoms with Gasteiger partial charge in [0.2, 0.25) is 0 Å². The van der Waals surface area contributed by atoms with E-state index in [1.165, 1.54) is 0 Å². The molecule has 0 saturated carbocycles. The predicted molar refractivity (Wildman–Crippen MR) is 65.7 cm³/mol. The number of nitrogens with two attached hydrogens (primary N) is 1. The summed E-state index contributed by atoms with van der Waals surface area (Å²) < 4.78 is 10.6. The van der Waals surface area contributed by atoms with E-state index in [0.29, 0.717) is 6.61 Å². The van der Waals surface area contributed by atoms with Crippen LogP contribution in [0.2, 0.25) is 0 Å². The fraction of sp³-hybridized carbons (Fsp3) is 0.500. The normalized spacial score (nSPS) is 10.7. The van der Waals surface area contributed by atoms with Crippen molar-refractivity contribution in [2.45, 2.75) is 0 Å². The van der Waals surface area contributed by atoms with Crippen LogP contribution < -0.4 is 10.5 Å². The molecule has 0 amide bonds. The molecular weight excluding hydrogens is 204 g/mol. The van der Waals surface area contributed by atoms with Crippen LogP contribution in [-0.4, -0.2) is 45.4 Å². The second-order valence-electron chi connectivity index (χ2n) is 3.72. The molecule has 16 heavy (non-hydrogen) atoms. The molecule has 1 aromatic carbocycles. The van der Waals surface area contributed by atoms with Gasteiger partial charge < -0.3 is 20.1 Å². The van der Waals surface area contributed by atoms with Gasteiger partial charge >= 0.3 is 0 Å². The minimum Gasteiger partial charge on any atom is -0.492 e. The number of anilines is 1. The second kappa shape index (κ2) is 7.09. The smallest absolute Gasteiger partial charge is 0.121 e. The Morgan fingerprint density at radius 1 is 1.25 bits per heavy atom. The van der Waals surface area contributed by atoms with Crippen LogP contribution in [0.4, 0.5) is 5.69 Å². The maximum atomic E-state index is 5.65. The van der Waals surface area contributed by atoms with Crippen molar-refractivity contribution >= 4 is 5.69 Å². The van der Waals surface area contributed by atoms with E-state index in [1.807, 2.05) is 31.3 Å². The predicted octanol–water partition coefficient (Wildman–Crippen LogP) is 1.23. The highest BCUT2D eigenvalue weighted by Crippen LogP contribution is 2.13. The van der Waals surface area contributed by atoms with Crippen LogP contribution in [0.25, 0.3) is 0 Å². The Kier molecular flexibility index (Phi) is 5.67. The molecule has 0 aromatic heterocycles. The minimum absolute atomic E-state index is 0.656. The molecule has 0 aliphatic carbocycles. The van der Waals surface area contributed by atoms with Crippen LogP contribution in [-0.2, 0) is 4.74 Å². The third kappa shape index (κ3) is 5.00. The largest absolute Gasteiger partial charge is 0.492 e. The molecule has 0 unspecified atom stereocenters. The average molecular weight is 224 g/mol. The van der Waals surface area contributed by atoms with Crippen LogP contribution in [0, 0.1) is 0 Å². The van der Waals surface area contributed by atoms with Crippen molar-refractivity contribution < 1.29 is 9.47 Å². The number of nitrogens with zero attached hydrogens (tertiary/aromatic N) is 1. The summed E-state index contributed by atoms with van der Waals surface area (Å²) >= 11 is 0. The first kappa shape index (κ1) is 12.8. The molecule has 0 atom stereocenters. The first-order valence-electron chi connectivity index (χ1n) is 5.38. The Bertz CT molecular complexity index is 305. The van der Waals surface area contributed by atoms with Crippen molar-refractivity contribution in [3.8, 4) is 5.75 Å². The maximum Gasteiger partial charge on any atom is 0.121 e. The van der Waals surface area contributed by atoms with E-state index in [0.717, 1.165) is 31.1 Å². The topological polar surface area (TPSA) is 47.7 Å². The van der Waals surface area contributed by atoms with Gasteiger partial charge in [0.25, 0.3) is 0 Å². The lowest BCUT2D eigenvalue weighted by Crippen LogP contribution is -2.27. The highest BCUT2D eigenvalue weighted by atomic mass is 16.5. The number of likely N-dealkylation sites (N-methyl/N-ethyl adjacent to an activating group) is 1. The van der Waals surface area contributed by atoms with Crippen LogP contribution in [0.5, 0.6) is 5.75 Å². The molecule has 0 spiro atoms. The Morgan fingerprint density at radius 3 is 2.69 bits per heavy atom. The van der Waals surface area contributed by atoms with E-state index in [2.05, 4.69) is 4.90 Å². The first-order valence-corrected chi connectivity index (χ1v) is 5.38. The van der Waals surface area contributed by atoms with Gasteiger partial charge in [-0.2, -0.15) is 0 Å². The summed E-state index contributed by atoms with van der Waals surface area (Å²) in [5.41, 5.74) is 6.38. The van der Waals surface area contributed by atoms with E-state index in [-0.39, 0.29) is 0 Å². The number of hydrogen-bond acceptors (Lipinski definition) is 4. The van der Waals surface area contributed by atoms with Crippen LogP contribution in [0.15, 0.2) is 24.3 Å². The molecule has 0 saturated heterocycles. The molecule has 0 aliphatic rings. The minimum atomic E-state index is 0.656. The molecular formula is C12H20N2O2. The molecule has 0 heterocycles. The molecule has 0 fully saturated rings. The van der Waals surface area contributed by atoms with Gasteiger partial charge in [0.15, 0.2) is 0 Å². The molecule has 0 radical (unpaired) electrons. The van der Waals surface area contributed by atoms with E-state index in [4.69, 9.17) is 15.2 Å². The van der Waals surface area contributed by atoms with E-state index < -0.39 is 0 Å². The monoisotopic (exact) mass is 224 g/mol. The lowest BCUT2D eigenvalue weighted by Gasteiger charge is -2.16. The average Bonchev–Trinajstić information content (AvgIpc) is 2.26. The Balaban J connectivity index is 2.20. The molecule has 1 aromatic rings. The van der Waals surface area contributed by atoms with Crippen LogP contribution in [0.3, 0.4) is 0 Å². The number of nitrogen functional groups attached to an aromatic ring is 1. The van der Waals surface area contributed by atoms with Gasteiger partial charge in [0.05, 0.1) is 6.61 Å². The third-order valence-electron chi connectivity index (χ3n) is 2.28. The van der Waals surface area contributed by atoms with Crippen LogP contribution >= 0.6 is 0 Å². The zero-order valence-electron chi connectivity index (χ0n) is 9.98. The molecule has 90 valence electrons. The summed E-state index contributed by atoms with van der Waals surface area (Å²) in [6.07, 6.45) is 0. The van der Waals surface area contributed by atoms with E-state index in [1.54, 1.807) is 7.11 Å². The fourth-order valence-corrected chi connectivity index (χ4v) is 1.28. The van der Waals surface area contributed by atoms with Gasteiger partial charge in [-0.15, -0.1) is 0 Å². The van der Waals surface area contributed by atoms with Gasteiger partial charge in [0.1, 0.15) is 12.4 Å². The molecule has 0 aliphatic heterocycles. The lowest BCUT2D eigenvalue weighted by atomic mass is 10.3. The second-order valence-corrected chi connectivity index (χ2v) is 3.72. The zero-order valence-corrected chi connectivity index (χ0v) is 9.98. The van der Waals surface area contributed by atoms with Crippen molar-refractivity contribution in [2.75, 3.05) is 46.2 Å². The van der Waals surface area contributed by atoms with Crippen LogP contribution in [0.1, 0.15) is 0 Å². The summed E-state index contributed by atoms with van der Waals surface area (Å²) in [7, 11) is 3.75. The van der Waals surface area contributed by atoms with Crippen molar-refractivity contribution in [2.24, 2.45) is 0 Å². The fourth-order valence-electron chi connectivity index (χ4n) is 1.28. The Morgan fingerprint density at radius 2 is 2.00 bits per heavy atom. The summed E-state index contributed by atoms with van der Waals surface area (Å²) in [4.78, 5) is 2.16. The Labute approximate surface area is 96.9 Å². The highest BCUT2D eigenvalue weighted by molar-refractivity contribution is 5.43. The Hall–Kier alpha value is -1.26. The van der Waals surface area contributed by atoms with Crippen molar-refractivity contribution in [3.05, 3.63) is 24.3 Å². The zero-order chi connectivity index (χ0) is 11.8. The van der Waals surface area contributed by atoms with Crippen molar-refractivity contribution in [3.63, 3.8) is 0 Å². The summed E-state index contributed by atoms with van der Waals surface area (Å²) in [6.45, 7) is 3.19. The van der Waals surface area contributed by atoms with Gasteiger partial charge in [0, 0.05) is 32.0 Å². The van der Waals surface area contributed by atoms with E-state index in [9.17, 15) is 0 Å². The van der Waals surface area contributed by atoms with Gasteiger partial charge in [-0.1, -0.05) is 6.07 Å². The van der Waals surface area contributed by atoms with Gasteiger partial charge in [-0.25, -0.2) is 0 Å². The molecule has 4 heteroatoms. The van der Waals surface area contributed by atoms with Gasteiger partial charge in [-0.3, -0.25) is 0 Å². The SMILES string of the molecule is COCCN(C)CCOc1cccc(N)c1. The standard InChI is InChI=1S/C12H20N2O2/c1-14(6-8-15-2)7-9-16-12-5-3-4-11(13)10-12/h3-5,10H,6-9,13H2,1-2H3. The number of rotatable bonds is 7. The summed E-state index contributed by atoms with van der Waals surface area (Å²) in [5, 5.41) is 0.